The van der Waals surface area contributed by atoms with Crippen molar-refractivity contribution in [3.05, 3.63) is 23.0 Å². The van der Waals surface area contributed by atoms with Crippen molar-refractivity contribution in [2.45, 2.75) is 60.4 Å². The largest absolute Gasteiger partial charge is 0.348 e. The molecule has 0 saturated carbocycles. The molecule has 1 atom stereocenters. The lowest BCUT2D eigenvalue weighted by Crippen LogP contribution is -2.23. The lowest BCUT2D eigenvalue weighted by molar-refractivity contribution is 0.0991. The van der Waals surface area contributed by atoms with E-state index in [1.54, 1.807) is 6.92 Å². The van der Waals surface area contributed by atoms with Crippen LogP contribution in [0.5, 0.6) is 0 Å². The standard InChI is InChI=1S/C17H28ClNO/c1-10(2)16(11(3)4)9-19-12(5)8-15(14(19)7)17(20)13(6)18/h8,10-11,13,16H,9H2,1-7H3. The van der Waals surface area contributed by atoms with Crippen LogP contribution in [0.25, 0.3) is 0 Å². The highest BCUT2D eigenvalue weighted by atomic mass is 35.5. The van der Waals surface area contributed by atoms with Crippen LogP contribution in [0, 0.1) is 31.6 Å². The maximum absolute atomic E-state index is 12.1. The average molecular weight is 298 g/mol. The Morgan fingerprint density at radius 3 is 2.05 bits per heavy atom. The second-order valence-corrected chi connectivity index (χ2v) is 7.18. The molecule has 0 bridgehead atoms. The third-order valence-corrected chi connectivity index (χ3v) is 4.50. The molecule has 0 aliphatic carbocycles. The smallest absolute Gasteiger partial charge is 0.182 e. The van der Waals surface area contributed by atoms with Gasteiger partial charge in [0.2, 0.25) is 0 Å². The van der Waals surface area contributed by atoms with E-state index in [2.05, 4.69) is 39.2 Å². The van der Waals surface area contributed by atoms with Gasteiger partial charge in [0.25, 0.3) is 0 Å². The molecule has 0 radical (unpaired) electrons. The number of aryl methyl sites for hydroxylation is 1. The molecule has 0 spiro atoms. The van der Waals surface area contributed by atoms with Crippen LogP contribution in [0.3, 0.4) is 0 Å². The van der Waals surface area contributed by atoms with Gasteiger partial charge in [0.15, 0.2) is 5.78 Å². The van der Waals surface area contributed by atoms with Gasteiger partial charge in [0.1, 0.15) is 0 Å². The summed E-state index contributed by atoms with van der Waals surface area (Å²) in [6, 6.07) is 1.98. The number of Topliss-reactive ketones (excluding diaryl/α,β-unsaturated/α-hetero) is 1. The Bertz CT molecular complexity index is 464. The minimum absolute atomic E-state index is 0.0247. The van der Waals surface area contributed by atoms with Gasteiger partial charge in [-0.3, -0.25) is 4.79 Å². The van der Waals surface area contributed by atoms with Crippen molar-refractivity contribution in [3.8, 4) is 0 Å². The van der Waals surface area contributed by atoms with Crippen LogP contribution in [-0.2, 0) is 6.54 Å². The Morgan fingerprint density at radius 1 is 1.15 bits per heavy atom. The zero-order valence-electron chi connectivity index (χ0n) is 13.8. The monoisotopic (exact) mass is 297 g/mol. The van der Waals surface area contributed by atoms with Crippen molar-refractivity contribution in [2.75, 3.05) is 0 Å². The molecule has 2 nitrogen and oxygen atoms in total. The average Bonchev–Trinajstić information content (AvgIpc) is 2.60. The zero-order valence-corrected chi connectivity index (χ0v) is 14.6. The highest BCUT2D eigenvalue weighted by Gasteiger charge is 2.23. The SMILES string of the molecule is Cc1cc(C(=O)C(C)Cl)c(C)n1CC(C(C)C)C(C)C. The van der Waals surface area contributed by atoms with E-state index in [-0.39, 0.29) is 5.78 Å². The van der Waals surface area contributed by atoms with Gasteiger partial charge in [-0.2, -0.15) is 0 Å². The number of nitrogens with zero attached hydrogens (tertiary/aromatic N) is 1. The van der Waals surface area contributed by atoms with Crippen molar-refractivity contribution in [3.63, 3.8) is 0 Å². The van der Waals surface area contributed by atoms with Crippen LogP contribution in [-0.4, -0.2) is 15.7 Å². The van der Waals surface area contributed by atoms with E-state index in [9.17, 15) is 4.79 Å². The van der Waals surface area contributed by atoms with Crippen molar-refractivity contribution < 1.29 is 4.79 Å². The molecule has 1 rings (SSSR count). The summed E-state index contributed by atoms with van der Waals surface area (Å²) in [5.41, 5.74) is 2.97. The first-order valence-corrected chi connectivity index (χ1v) is 7.95. The highest BCUT2D eigenvalue weighted by molar-refractivity contribution is 6.33. The number of carbonyl (C=O) groups excluding carboxylic acids is 1. The lowest BCUT2D eigenvalue weighted by Gasteiger charge is -2.27. The first kappa shape index (κ1) is 17.3. The first-order valence-electron chi connectivity index (χ1n) is 7.51. The van der Waals surface area contributed by atoms with E-state index in [1.807, 2.05) is 13.0 Å². The van der Waals surface area contributed by atoms with E-state index in [0.29, 0.717) is 17.8 Å². The molecule has 20 heavy (non-hydrogen) atoms. The third-order valence-electron chi connectivity index (χ3n) is 4.31. The van der Waals surface area contributed by atoms with Crippen LogP contribution in [0.15, 0.2) is 6.07 Å². The van der Waals surface area contributed by atoms with E-state index in [1.165, 1.54) is 0 Å². The summed E-state index contributed by atoms with van der Waals surface area (Å²) in [6.45, 7) is 15.9. The number of rotatable bonds is 6. The van der Waals surface area contributed by atoms with Crippen LogP contribution in [0.1, 0.15) is 56.4 Å². The Labute approximate surface area is 128 Å². The normalized spacial score (nSPS) is 13.6. The second-order valence-electron chi connectivity index (χ2n) is 6.53. The van der Waals surface area contributed by atoms with Crippen LogP contribution < -0.4 is 0 Å². The van der Waals surface area contributed by atoms with Gasteiger partial charge in [-0.1, -0.05) is 27.7 Å². The quantitative estimate of drug-likeness (QED) is 0.544. The summed E-state index contributed by atoms with van der Waals surface area (Å²) in [6.07, 6.45) is 0. The van der Waals surface area contributed by atoms with Gasteiger partial charge < -0.3 is 4.57 Å². The molecule has 1 aromatic heterocycles. The molecule has 1 aromatic rings. The van der Waals surface area contributed by atoms with Gasteiger partial charge in [0, 0.05) is 23.5 Å². The molecule has 0 N–H and O–H groups in total. The maximum Gasteiger partial charge on any atom is 0.182 e. The molecule has 0 aliphatic rings. The van der Waals surface area contributed by atoms with Gasteiger partial charge in [-0.25, -0.2) is 0 Å². The third kappa shape index (κ3) is 3.66. The lowest BCUT2D eigenvalue weighted by atomic mass is 9.85. The number of halogens is 1. The van der Waals surface area contributed by atoms with Crippen molar-refractivity contribution in [2.24, 2.45) is 17.8 Å². The number of alkyl halides is 1. The Hall–Kier alpha value is -0.760. The summed E-state index contributed by atoms with van der Waals surface area (Å²) in [5.74, 6) is 1.89. The molecule has 0 aromatic carbocycles. The molecule has 0 fully saturated rings. The number of ketones is 1. The molecule has 1 unspecified atom stereocenters. The number of hydrogen-bond donors (Lipinski definition) is 0. The fourth-order valence-corrected chi connectivity index (χ4v) is 3.07. The summed E-state index contributed by atoms with van der Waals surface area (Å²) >= 11 is 5.94. The van der Waals surface area contributed by atoms with Crippen molar-refractivity contribution >= 4 is 17.4 Å². The van der Waals surface area contributed by atoms with E-state index in [0.717, 1.165) is 23.5 Å². The fraction of sp³-hybridized carbons (Fsp3) is 0.706. The van der Waals surface area contributed by atoms with E-state index < -0.39 is 5.38 Å². The number of hydrogen-bond acceptors (Lipinski definition) is 1. The van der Waals surface area contributed by atoms with Gasteiger partial charge in [-0.15, -0.1) is 11.6 Å². The fourth-order valence-electron chi connectivity index (χ4n) is 2.95. The molecule has 0 saturated heterocycles. The minimum atomic E-state index is -0.463. The molecule has 1 heterocycles. The predicted molar refractivity (Wildman–Crippen MR) is 86.7 cm³/mol. The van der Waals surface area contributed by atoms with Crippen molar-refractivity contribution in [1.29, 1.82) is 0 Å². The zero-order chi connectivity index (χ0) is 15.6. The summed E-state index contributed by atoms with van der Waals surface area (Å²) in [5, 5.41) is -0.463. The molecular formula is C17H28ClNO. The Kier molecular flexibility index (Phi) is 5.88. The van der Waals surface area contributed by atoms with Gasteiger partial charge in [-0.05, 0) is 44.6 Å². The Morgan fingerprint density at radius 2 is 1.65 bits per heavy atom. The number of aromatic nitrogens is 1. The van der Waals surface area contributed by atoms with E-state index in [4.69, 9.17) is 11.6 Å². The molecule has 3 heteroatoms. The predicted octanol–water partition coefficient (Wildman–Crippen LogP) is 4.84. The van der Waals surface area contributed by atoms with Crippen LogP contribution >= 0.6 is 11.6 Å². The van der Waals surface area contributed by atoms with Crippen LogP contribution in [0.2, 0.25) is 0 Å². The second kappa shape index (κ2) is 6.80. The molecular weight excluding hydrogens is 270 g/mol. The molecule has 0 aliphatic heterocycles. The van der Waals surface area contributed by atoms with Crippen LogP contribution in [0.4, 0.5) is 0 Å². The van der Waals surface area contributed by atoms with Gasteiger partial charge >= 0.3 is 0 Å². The summed E-state index contributed by atoms with van der Waals surface area (Å²) < 4.78 is 2.27. The van der Waals surface area contributed by atoms with Gasteiger partial charge in [0.05, 0.1) is 5.38 Å². The first-order chi connectivity index (χ1) is 9.16. The Balaban J connectivity index is 3.11. The highest BCUT2D eigenvalue weighted by Crippen LogP contribution is 2.26. The minimum Gasteiger partial charge on any atom is -0.348 e. The van der Waals surface area contributed by atoms with E-state index >= 15 is 0 Å². The summed E-state index contributed by atoms with van der Waals surface area (Å²) in [7, 11) is 0. The summed E-state index contributed by atoms with van der Waals surface area (Å²) in [4.78, 5) is 12.1. The molecule has 114 valence electrons. The molecule has 0 amide bonds. The topological polar surface area (TPSA) is 22.0 Å². The number of carbonyl (C=O) groups is 1. The maximum atomic E-state index is 12.1. The van der Waals surface area contributed by atoms with Crippen molar-refractivity contribution in [1.82, 2.24) is 4.57 Å².